The summed E-state index contributed by atoms with van der Waals surface area (Å²) in [5.74, 6) is 0.941. The summed E-state index contributed by atoms with van der Waals surface area (Å²) in [4.78, 5) is 26.8. The van der Waals surface area contributed by atoms with Crippen molar-refractivity contribution in [2.75, 3.05) is 31.4 Å². The summed E-state index contributed by atoms with van der Waals surface area (Å²) in [6.45, 7) is 4.54. The van der Waals surface area contributed by atoms with Gasteiger partial charge >= 0.3 is 5.97 Å². The van der Waals surface area contributed by atoms with Crippen LogP contribution in [-0.2, 0) is 16.1 Å². The predicted octanol–water partition coefficient (Wildman–Crippen LogP) is 2.31. The number of ether oxygens (including phenoxy) is 2. The smallest absolute Gasteiger partial charge is 0.335 e. The summed E-state index contributed by atoms with van der Waals surface area (Å²) < 4.78 is 10.3. The number of hydrogen-bond acceptors (Lipinski definition) is 8. The number of halogens is 1. The Kier molecular flexibility index (Phi) is 5.18. The van der Waals surface area contributed by atoms with Gasteiger partial charge in [0.15, 0.2) is 0 Å². The molecule has 0 saturated carbocycles. The normalized spacial score (nSPS) is 13.1. The van der Waals surface area contributed by atoms with E-state index in [0.29, 0.717) is 23.5 Å². The van der Waals surface area contributed by atoms with Crippen LogP contribution in [0.25, 0.3) is 6.08 Å². The first-order valence-corrected chi connectivity index (χ1v) is 8.59. The summed E-state index contributed by atoms with van der Waals surface area (Å²) in [6, 6.07) is 0. The first kappa shape index (κ1) is 18.9. The van der Waals surface area contributed by atoms with Crippen LogP contribution in [0.15, 0.2) is 11.8 Å². The first-order valence-electron chi connectivity index (χ1n) is 8.21. The Hall–Kier alpha value is -2.87. The van der Waals surface area contributed by atoms with E-state index in [4.69, 9.17) is 26.8 Å². The summed E-state index contributed by atoms with van der Waals surface area (Å²) in [6.07, 6.45) is 3.39. The average molecular weight is 390 g/mol. The Balaban J connectivity index is 2.07. The van der Waals surface area contributed by atoms with Gasteiger partial charge in [-0.05, 0) is 19.9 Å². The molecule has 0 aromatic carbocycles. The number of carbonyl (C=O) groups is 1. The standard InChI is InChI=1S/C18H20ClN5O3/c1-9-6-21-13(10(2)14(9)26-3)8-24-7-11(17(25)27-4)5-12-15(19)22-18(20)23-16(12)24/h5-6H,7-8H2,1-4H3,(H2,20,22,23). The van der Waals surface area contributed by atoms with Gasteiger partial charge in [-0.1, -0.05) is 11.6 Å². The Labute approximate surface area is 162 Å². The zero-order valence-corrected chi connectivity index (χ0v) is 16.3. The second-order valence-corrected chi connectivity index (χ2v) is 6.53. The van der Waals surface area contributed by atoms with Crippen LogP contribution in [0.5, 0.6) is 5.75 Å². The maximum absolute atomic E-state index is 12.1. The number of nitrogens with zero attached hydrogens (tertiary/aromatic N) is 4. The van der Waals surface area contributed by atoms with Gasteiger partial charge in [0.2, 0.25) is 5.95 Å². The van der Waals surface area contributed by atoms with Gasteiger partial charge in [-0.15, -0.1) is 0 Å². The number of nitrogens with two attached hydrogens (primary N) is 1. The van der Waals surface area contributed by atoms with Gasteiger partial charge in [0.05, 0.1) is 44.1 Å². The van der Waals surface area contributed by atoms with Crippen LogP contribution in [-0.4, -0.2) is 41.7 Å². The molecule has 142 valence electrons. The third-order valence-corrected chi connectivity index (χ3v) is 4.70. The molecule has 0 saturated heterocycles. The molecule has 2 N–H and O–H groups in total. The number of nitrogen functional groups attached to an aromatic ring is 1. The minimum atomic E-state index is -0.440. The van der Waals surface area contributed by atoms with Gasteiger partial charge in [0.25, 0.3) is 0 Å². The molecular formula is C18H20ClN5O3. The number of fused-ring (bicyclic) bond motifs is 1. The van der Waals surface area contributed by atoms with Crippen molar-refractivity contribution in [1.29, 1.82) is 0 Å². The van der Waals surface area contributed by atoms with Crippen molar-refractivity contribution >= 4 is 35.4 Å². The second-order valence-electron chi connectivity index (χ2n) is 6.17. The predicted molar refractivity (Wildman–Crippen MR) is 103 cm³/mol. The molecule has 8 nitrogen and oxygen atoms in total. The number of aromatic nitrogens is 3. The van der Waals surface area contributed by atoms with Crippen molar-refractivity contribution in [2.45, 2.75) is 20.4 Å². The quantitative estimate of drug-likeness (QED) is 0.627. The van der Waals surface area contributed by atoms with E-state index in [1.54, 1.807) is 19.4 Å². The minimum Gasteiger partial charge on any atom is -0.496 e. The van der Waals surface area contributed by atoms with Crippen LogP contribution in [0.1, 0.15) is 22.4 Å². The van der Waals surface area contributed by atoms with Gasteiger partial charge in [0.1, 0.15) is 16.7 Å². The molecule has 0 amide bonds. The third-order valence-electron chi connectivity index (χ3n) is 4.41. The van der Waals surface area contributed by atoms with Crippen LogP contribution in [0, 0.1) is 13.8 Å². The molecular weight excluding hydrogens is 370 g/mol. The fraction of sp³-hybridized carbons (Fsp3) is 0.333. The molecule has 0 fully saturated rings. The highest BCUT2D eigenvalue weighted by molar-refractivity contribution is 6.31. The highest BCUT2D eigenvalue weighted by atomic mass is 35.5. The highest BCUT2D eigenvalue weighted by Crippen LogP contribution is 2.34. The van der Waals surface area contributed by atoms with E-state index in [9.17, 15) is 4.79 Å². The molecule has 9 heteroatoms. The number of pyridine rings is 1. The zero-order chi connectivity index (χ0) is 19.7. The molecule has 27 heavy (non-hydrogen) atoms. The van der Waals surface area contributed by atoms with E-state index in [1.165, 1.54) is 7.11 Å². The summed E-state index contributed by atoms with van der Waals surface area (Å²) in [5.41, 5.74) is 9.40. The minimum absolute atomic E-state index is 0.0600. The fourth-order valence-electron chi connectivity index (χ4n) is 3.11. The van der Waals surface area contributed by atoms with E-state index < -0.39 is 5.97 Å². The first-order chi connectivity index (χ1) is 12.8. The maximum atomic E-state index is 12.1. The van der Waals surface area contributed by atoms with Gasteiger partial charge in [-0.25, -0.2) is 9.78 Å². The Morgan fingerprint density at radius 3 is 2.74 bits per heavy atom. The molecule has 0 atom stereocenters. The average Bonchev–Trinajstić information content (AvgIpc) is 2.64. The lowest BCUT2D eigenvalue weighted by Crippen LogP contribution is -2.33. The molecule has 3 rings (SSSR count). The van der Waals surface area contributed by atoms with Crippen LogP contribution in [0.4, 0.5) is 11.8 Å². The third kappa shape index (κ3) is 3.52. The molecule has 0 bridgehead atoms. The molecule has 0 radical (unpaired) electrons. The van der Waals surface area contributed by atoms with Gasteiger partial charge in [-0.3, -0.25) is 4.98 Å². The van der Waals surface area contributed by atoms with E-state index in [2.05, 4.69) is 15.0 Å². The van der Waals surface area contributed by atoms with Crippen molar-refractivity contribution in [3.05, 3.63) is 39.3 Å². The van der Waals surface area contributed by atoms with Crippen LogP contribution < -0.4 is 15.4 Å². The topological polar surface area (TPSA) is 103 Å². The van der Waals surface area contributed by atoms with E-state index in [0.717, 1.165) is 22.6 Å². The van der Waals surface area contributed by atoms with Crippen LogP contribution in [0.2, 0.25) is 5.15 Å². The molecule has 0 aliphatic carbocycles. The van der Waals surface area contributed by atoms with Crippen LogP contribution in [0.3, 0.4) is 0 Å². The van der Waals surface area contributed by atoms with E-state index in [-0.39, 0.29) is 17.6 Å². The Morgan fingerprint density at radius 1 is 1.33 bits per heavy atom. The fourth-order valence-corrected chi connectivity index (χ4v) is 3.33. The molecule has 3 heterocycles. The van der Waals surface area contributed by atoms with Gasteiger partial charge in [0, 0.05) is 17.3 Å². The molecule has 1 aliphatic heterocycles. The molecule has 0 spiro atoms. The molecule has 2 aromatic heterocycles. The number of aryl methyl sites for hydroxylation is 1. The molecule has 0 unspecified atom stereocenters. The van der Waals surface area contributed by atoms with E-state index >= 15 is 0 Å². The number of rotatable bonds is 4. The largest absolute Gasteiger partial charge is 0.496 e. The Bertz CT molecular complexity index is 945. The monoisotopic (exact) mass is 389 g/mol. The summed E-state index contributed by atoms with van der Waals surface area (Å²) in [5, 5.41) is 0.176. The molecule has 1 aliphatic rings. The van der Waals surface area contributed by atoms with Crippen molar-refractivity contribution in [3.8, 4) is 5.75 Å². The lowest BCUT2D eigenvalue weighted by atomic mass is 10.1. The van der Waals surface area contributed by atoms with Crippen molar-refractivity contribution < 1.29 is 14.3 Å². The molecule has 2 aromatic rings. The zero-order valence-electron chi connectivity index (χ0n) is 15.5. The lowest BCUT2D eigenvalue weighted by Gasteiger charge is -2.30. The SMILES string of the molecule is COC(=O)C1=Cc2c(Cl)nc(N)nc2N(Cc2ncc(C)c(OC)c2C)C1. The number of esters is 1. The number of carbonyl (C=O) groups excluding carboxylic acids is 1. The summed E-state index contributed by atoms with van der Waals surface area (Å²) in [7, 11) is 2.96. The number of anilines is 2. The van der Waals surface area contributed by atoms with E-state index in [1.807, 2.05) is 18.7 Å². The second kappa shape index (κ2) is 7.40. The Morgan fingerprint density at radius 2 is 2.07 bits per heavy atom. The van der Waals surface area contributed by atoms with Crippen molar-refractivity contribution in [1.82, 2.24) is 15.0 Å². The lowest BCUT2D eigenvalue weighted by molar-refractivity contribution is -0.136. The van der Waals surface area contributed by atoms with Crippen molar-refractivity contribution in [3.63, 3.8) is 0 Å². The summed E-state index contributed by atoms with van der Waals surface area (Å²) >= 11 is 6.24. The van der Waals surface area contributed by atoms with Crippen LogP contribution >= 0.6 is 11.6 Å². The highest BCUT2D eigenvalue weighted by Gasteiger charge is 2.27. The maximum Gasteiger partial charge on any atom is 0.335 e. The van der Waals surface area contributed by atoms with Gasteiger partial charge in [-0.2, -0.15) is 4.98 Å². The van der Waals surface area contributed by atoms with Crippen molar-refractivity contribution in [2.24, 2.45) is 0 Å². The number of methoxy groups -OCH3 is 2. The number of hydrogen-bond donors (Lipinski definition) is 1. The van der Waals surface area contributed by atoms with Gasteiger partial charge < -0.3 is 20.1 Å².